The van der Waals surface area contributed by atoms with Crippen LogP contribution in [0.4, 0.5) is 0 Å². The predicted octanol–water partition coefficient (Wildman–Crippen LogP) is 2.49. The van der Waals surface area contributed by atoms with Crippen LogP contribution in [0, 0.1) is 5.92 Å². The summed E-state index contributed by atoms with van der Waals surface area (Å²) < 4.78 is 1.56. The fourth-order valence-corrected chi connectivity index (χ4v) is 2.52. The molecule has 1 N–H and O–H groups in total. The van der Waals surface area contributed by atoms with Crippen molar-refractivity contribution < 1.29 is 0 Å². The highest BCUT2D eigenvalue weighted by Gasteiger charge is 2.21. The van der Waals surface area contributed by atoms with E-state index in [4.69, 9.17) is 0 Å². The number of hydrogen-bond donors (Lipinski definition) is 1. The summed E-state index contributed by atoms with van der Waals surface area (Å²) in [6, 6.07) is 3.82. The van der Waals surface area contributed by atoms with Crippen LogP contribution in [0.2, 0.25) is 0 Å². The standard InChI is InChI=1S/C14H19N3O/c1-9(2)6-12-15-13-7-11(10-4-3-5-10)8-14(18)17(13)16-12/h7-10H,3-6H2,1-2H3,(H,15,16). The third kappa shape index (κ3) is 1.96. The van der Waals surface area contributed by atoms with Gasteiger partial charge in [-0.15, -0.1) is 0 Å². The lowest BCUT2D eigenvalue weighted by atomic mass is 9.80. The van der Waals surface area contributed by atoms with Gasteiger partial charge in [0.2, 0.25) is 0 Å². The Morgan fingerprint density at radius 1 is 1.44 bits per heavy atom. The minimum atomic E-state index is 0.0110. The van der Waals surface area contributed by atoms with Crippen molar-refractivity contribution >= 4 is 5.65 Å². The zero-order valence-electron chi connectivity index (χ0n) is 10.9. The smallest absolute Gasteiger partial charge is 0.271 e. The number of fused-ring (bicyclic) bond motifs is 1. The maximum absolute atomic E-state index is 12.0. The predicted molar refractivity (Wildman–Crippen MR) is 70.9 cm³/mol. The Labute approximate surface area is 106 Å². The summed E-state index contributed by atoms with van der Waals surface area (Å²) in [6.07, 6.45) is 4.57. The molecule has 96 valence electrons. The van der Waals surface area contributed by atoms with Crippen molar-refractivity contribution in [3.63, 3.8) is 0 Å². The number of rotatable bonds is 3. The molecule has 2 heterocycles. The summed E-state index contributed by atoms with van der Waals surface area (Å²) in [4.78, 5) is 16.6. The first-order chi connectivity index (χ1) is 8.63. The normalized spacial score (nSPS) is 16.4. The molecule has 1 aliphatic carbocycles. The fourth-order valence-electron chi connectivity index (χ4n) is 2.52. The maximum Gasteiger partial charge on any atom is 0.271 e. The molecule has 4 nitrogen and oxygen atoms in total. The van der Waals surface area contributed by atoms with Crippen LogP contribution in [0.15, 0.2) is 16.9 Å². The van der Waals surface area contributed by atoms with E-state index in [1.165, 1.54) is 19.3 Å². The Hall–Kier alpha value is -1.58. The van der Waals surface area contributed by atoms with Crippen molar-refractivity contribution in [2.45, 2.75) is 45.4 Å². The molecule has 0 amide bonds. The van der Waals surface area contributed by atoms with Gasteiger partial charge in [-0.2, -0.15) is 0 Å². The van der Waals surface area contributed by atoms with E-state index >= 15 is 0 Å². The molecule has 3 rings (SSSR count). The average Bonchev–Trinajstić information content (AvgIpc) is 2.56. The van der Waals surface area contributed by atoms with Gasteiger partial charge < -0.3 is 0 Å². The first kappa shape index (κ1) is 11.5. The van der Waals surface area contributed by atoms with E-state index in [-0.39, 0.29) is 5.56 Å². The lowest BCUT2D eigenvalue weighted by Crippen LogP contribution is -2.17. The van der Waals surface area contributed by atoms with Crippen LogP contribution in [0.3, 0.4) is 0 Å². The quantitative estimate of drug-likeness (QED) is 0.903. The number of aromatic amines is 1. The van der Waals surface area contributed by atoms with Gasteiger partial charge in [-0.25, -0.2) is 9.50 Å². The molecule has 0 aromatic carbocycles. The van der Waals surface area contributed by atoms with E-state index in [1.807, 2.05) is 0 Å². The van der Waals surface area contributed by atoms with Crippen molar-refractivity contribution in [2.75, 3.05) is 0 Å². The van der Waals surface area contributed by atoms with E-state index < -0.39 is 0 Å². The second-order valence-corrected chi connectivity index (χ2v) is 5.72. The Kier molecular flexibility index (Phi) is 2.73. The van der Waals surface area contributed by atoms with Gasteiger partial charge in [0.05, 0.1) is 0 Å². The van der Waals surface area contributed by atoms with Gasteiger partial charge in [0.25, 0.3) is 5.56 Å². The summed E-state index contributed by atoms with van der Waals surface area (Å²) in [5.41, 5.74) is 1.94. The SMILES string of the molecule is CC(C)Cc1nc2cc(C3CCC3)cc(=O)n2[nH]1. The molecule has 0 spiro atoms. The van der Waals surface area contributed by atoms with E-state index in [1.54, 1.807) is 10.6 Å². The second kappa shape index (κ2) is 4.26. The Balaban J connectivity index is 2.03. The summed E-state index contributed by atoms with van der Waals surface area (Å²) in [6.45, 7) is 4.30. The number of nitrogens with zero attached hydrogens (tertiary/aromatic N) is 2. The molecule has 0 saturated heterocycles. The molecular formula is C14H19N3O. The van der Waals surface area contributed by atoms with Gasteiger partial charge in [-0.1, -0.05) is 20.3 Å². The molecule has 2 aromatic heterocycles. The Bertz CT molecular complexity index is 619. The van der Waals surface area contributed by atoms with Crippen molar-refractivity contribution in [2.24, 2.45) is 5.92 Å². The van der Waals surface area contributed by atoms with Gasteiger partial charge in [0.15, 0.2) is 5.65 Å². The maximum atomic E-state index is 12.0. The van der Waals surface area contributed by atoms with Crippen molar-refractivity contribution in [1.29, 1.82) is 0 Å². The number of nitrogens with one attached hydrogen (secondary N) is 1. The molecule has 2 aromatic rings. The van der Waals surface area contributed by atoms with E-state index in [9.17, 15) is 4.79 Å². The summed E-state index contributed by atoms with van der Waals surface area (Å²) in [5, 5.41) is 3.09. The molecule has 0 radical (unpaired) electrons. The molecule has 18 heavy (non-hydrogen) atoms. The molecule has 1 aliphatic rings. The summed E-state index contributed by atoms with van der Waals surface area (Å²) >= 11 is 0. The van der Waals surface area contributed by atoms with Crippen LogP contribution < -0.4 is 5.56 Å². The molecule has 0 atom stereocenters. The monoisotopic (exact) mass is 245 g/mol. The van der Waals surface area contributed by atoms with Gasteiger partial charge in [0, 0.05) is 12.5 Å². The topological polar surface area (TPSA) is 50.2 Å². The lowest BCUT2D eigenvalue weighted by molar-refractivity contribution is 0.419. The molecule has 0 aliphatic heterocycles. The van der Waals surface area contributed by atoms with Crippen molar-refractivity contribution in [3.05, 3.63) is 33.9 Å². The second-order valence-electron chi connectivity index (χ2n) is 5.72. The number of aromatic nitrogens is 3. The highest BCUT2D eigenvalue weighted by atomic mass is 16.1. The van der Waals surface area contributed by atoms with Crippen LogP contribution >= 0.6 is 0 Å². The number of H-pyrrole nitrogens is 1. The lowest BCUT2D eigenvalue weighted by Gasteiger charge is -2.25. The largest absolute Gasteiger partial charge is 0.276 e. The third-order valence-corrected chi connectivity index (χ3v) is 3.70. The first-order valence-corrected chi connectivity index (χ1v) is 6.75. The average molecular weight is 245 g/mol. The van der Waals surface area contributed by atoms with Crippen LogP contribution in [-0.4, -0.2) is 14.6 Å². The van der Waals surface area contributed by atoms with Crippen molar-refractivity contribution in [1.82, 2.24) is 14.6 Å². The van der Waals surface area contributed by atoms with Crippen LogP contribution in [0.5, 0.6) is 0 Å². The van der Waals surface area contributed by atoms with Gasteiger partial charge in [-0.05, 0) is 36.3 Å². The highest BCUT2D eigenvalue weighted by molar-refractivity contribution is 5.42. The minimum absolute atomic E-state index is 0.0110. The number of pyridine rings is 1. The molecule has 4 heteroatoms. The first-order valence-electron chi connectivity index (χ1n) is 6.75. The molecule has 0 unspecified atom stereocenters. The fraction of sp³-hybridized carbons (Fsp3) is 0.571. The van der Waals surface area contributed by atoms with Crippen LogP contribution in [-0.2, 0) is 6.42 Å². The van der Waals surface area contributed by atoms with E-state index in [0.717, 1.165) is 23.5 Å². The van der Waals surface area contributed by atoms with Gasteiger partial charge in [0.1, 0.15) is 5.82 Å². The highest BCUT2D eigenvalue weighted by Crippen LogP contribution is 2.35. The van der Waals surface area contributed by atoms with Crippen LogP contribution in [0.25, 0.3) is 5.65 Å². The van der Waals surface area contributed by atoms with Gasteiger partial charge in [-0.3, -0.25) is 9.89 Å². The summed E-state index contributed by atoms with van der Waals surface area (Å²) in [7, 11) is 0. The molecule has 1 saturated carbocycles. The molecule has 1 fully saturated rings. The van der Waals surface area contributed by atoms with E-state index in [2.05, 4.69) is 30.0 Å². The van der Waals surface area contributed by atoms with Crippen molar-refractivity contribution in [3.8, 4) is 0 Å². The Morgan fingerprint density at radius 3 is 2.83 bits per heavy atom. The minimum Gasteiger partial charge on any atom is -0.276 e. The van der Waals surface area contributed by atoms with Gasteiger partial charge >= 0.3 is 0 Å². The number of hydrogen-bond acceptors (Lipinski definition) is 2. The molecular weight excluding hydrogens is 226 g/mol. The van der Waals surface area contributed by atoms with Crippen LogP contribution in [0.1, 0.15) is 50.4 Å². The zero-order valence-corrected chi connectivity index (χ0v) is 10.9. The third-order valence-electron chi connectivity index (χ3n) is 3.70. The zero-order chi connectivity index (χ0) is 12.7. The Morgan fingerprint density at radius 2 is 2.22 bits per heavy atom. The molecule has 0 bridgehead atoms. The summed E-state index contributed by atoms with van der Waals surface area (Å²) in [5.74, 6) is 2.01. The van der Waals surface area contributed by atoms with E-state index in [0.29, 0.717) is 11.8 Å².